The number of amides is 1. The van der Waals surface area contributed by atoms with Gasteiger partial charge in [-0.1, -0.05) is 0 Å². The molecule has 0 radical (unpaired) electrons. The molecular formula is C32H36F8N8O. The summed E-state index contributed by atoms with van der Waals surface area (Å²) in [5.41, 5.74) is 8.93. The Morgan fingerprint density at radius 1 is 0.898 bits per heavy atom. The molecule has 0 spiro atoms. The van der Waals surface area contributed by atoms with Crippen LogP contribution in [-0.4, -0.2) is 46.5 Å². The number of hydrazone groups is 1. The van der Waals surface area contributed by atoms with E-state index < -0.39 is 41.7 Å². The molecule has 1 saturated carbocycles. The molecular weight excluding hydrogens is 664 g/mol. The predicted octanol–water partition coefficient (Wildman–Crippen LogP) is 5.85. The molecule has 1 aromatic heterocycles. The van der Waals surface area contributed by atoms with Crippen molar-refractivity contribution in [2.24, 2.45) is 34.2 Å². The zero-order chi connectivity index (χ0) is 35.8. The Balaban J connectivity index is 1.59. The standard InChI is InChI=1S/C32H36F8N8O/c1-46(43)45-30(42)47(15-17-9-22(31(35,36)37)13-23(10-17)32(38,39)40)16-21-11-20-12-24(33)25(34)14-26(20)44-29(21)48-8-2-3-27(48)18-4-6-19(7-5-18)28(41)49/h9-14,18-19,27H,2-8,15-16,43H2,1H3,(H2,41,49)(H2,42,45). The third kappa shape index (κ3) is 8.25. The lowest BCUT2D eigenvalue weighted by molar-refractivity contribution is -0.143. The van der Waals surface area contributed by atoms with Gasteiger partial charge in [0.05, 0.1) is 16.6 Å². The van der Waals surface area contributed by atoms with Crippen molar-refractivity contribution in [1.82, 2.24) is 15.0 Å². The van der Waals surface area contributed by atoms with Crippen molar-refractivity contribution in [3.63, 3.8) is 0 Å². The molecule has 17 heteroatoms. The van der Waals surface area contributed by atoms with E-state index in [0.717, 1.165) is 42.9 Å². The Hall–Kier alpha value is -4.41. The van der Waals surface area contributed by atoms with Gasteiger partial charge in [0.2, 0.25) is 11.9 Å². The van der Waals surface area contributed by atoms with E-state index in [1.807, 2.05) is 4.90 Å². The monoisotopic (exact) mass is 700 g/mol. The molecule has 5 rings (SSSR count). The van der Waals surface area contributed by atoms with Crippen LogP contribution in [0, 0.1) is 23.5 Å². The maximum absolute atomic E-state index is 14.4. The van der Waals surface area contributed by atoms with Gasteiger partial charge in [-0.25, -0.2) is 24.7 Å². The minimum Gasteiger partial charge on any atom is -0.369 e. The van der Waals surface area contributed by atoms with Gasteiger partial charge in [0.1, 0.15) is 5.82 Å². The van der Waals surface area contributed by atoms with Crippen LogP contribution in [0.15, 0.2) is 41.5 Å². The summed E-state index contributed by atoms with van der Waals surface area (Å²) in [6.07, 6.45) is -5.91. The van der Waals surface area contributed by atoms with Crippen LogP contribution >= 0.6 is 0 Å². The summed E-state index contributed by atoms with van der Waals surface area (Å²) in [6, 6.07) is 4.63. The van der Waals surface area contributed by atoms with Gasteiger partial charge in [-0.2, -0.15) is 26.3 Å². The number of halogens is 8. The molecule has 1 saturated heterocycles. The summed E-state index contributed by atoms with van der Waals surface area (Å²) in [7, 11) is 1.32. The number of pyridine rings is 1. The average Bonchev–Trinajstić information content (AvgIpc) is 3.50. The number of alkyl halides is 6. The topological polar surface area (TPSA) is 130 Å². The van der Waals surface area contributed by atoms with Crippen molar-refractivity contribution in [2.45, 2.75) is 70.0 Å². The first-order valence-corrected chi connectivity index (χ1v) is 15.6. The highest BCUT2D eigenvalue weighted by molar-refractivity contribution is 5.83. The number of fused-ring (bicyclic) bond motifs is 1. The lowest BCUT2D eigenvalue weighted by Gasteiger charge is -2.37. The Kier molecular flexibility index (Phi) is 10.1. The van der Waals surface area contributed by atoms with E-state index in [0.29, 0.717) is 42.9 Å². The summed E-state index contributed by atoms with van der Waals surface area (Å²) in [5, 5.41) is 4.98. The zero-order valence-electron chi connectivity index (χ0n) is 26.5. The van der Waals surface area contributed by atoms with E-state index in [1.165, 1.54) is 11.9 Å². The second-order valence-corrected chi connectivity index (χ2v) is 12.6. The van der Waals surface area contributed by atoms with E-state index in [9.17, 15) is 39.9 Å². The number of hydrazine groups is 1. The summed E-state index contributed by atoms with van der Waals surface area (Å²) in [4.78, 5) is 19.8. The number of aromatic nitrogens is 1. The van der Waals surface area contributed by atoms with Crippen molar-refractivity contribution in [3.05, 3.63) is 70.3 Å². The van der Waals surface area contributed by atoms with Crippen LogP contribution < -0.4 is 22.2 Å². The van der Waals surface area contributed by atoms with Gasteiger partial charge in [0, 0.05) is 55.7 Å². The number of hydrogen-bond acceptors (Lipinski definition) is 6. The van der Waals surface area contributed by atoms with Crippen LogP contribution in [-0.2, 0) is 30.2 Å². The third-order valence-corrected chi connectivity index (χ3v) is 9.17. The fourth-order valence-corrected chi connectivity index (χ4v) is 6.88. The average molecular weight is 701 g/mol. The molecule has 49 heavy (non-hydrogen) atoms. The maximum Gasteiger partial charge on any atom is 0.416 e. The molecule has 0 bridgehead atoms. The highest BCUT2D eigenvalue weighted by Gasteiger charge is 2.39. The minimum absolute atomic E-state index is 0.0302. The number of nitrogens with zero attached hydrogens (tertiary/aromatic N) is 5. The van der Waals surface area contributed by atoms with Crippen LogP contribution in [0.25, 0.3) is 10.9 Å². The molecule has 266 valence electrons. The third-order valence-electron chi connectivity index (χ3n) is 9.17. The van der Waals surface area contributed by atoms with Crippen LogP contribution in [0.2, 0.25) is 0 Å². The molecule has 6 N–H and O–H groups in total. The number of hydrogen-bond donors (Lipinski definition) is 3. The number of primary amides is 1. The van der Waals surface area contributed by atoms with Crippen LogP contribution in [0.3, 0.4) is 0 Å². The van der Waals surface area contributed by atoms with Gasteiger partial charge in [-0.3, -0.25) is 4.79 Å². The fourth-order valence-electron chi connectivity index (χ4n) is 6.88. The van der Waals surface area contributed by atoms with Crippen LogP contribution in [0.4, 0.5) is 40.9 Å². The molecule has 3 aromatic rings. The molecule has 9 nitrogen and oxygen atoms in total. The minimum atomic E-state index is -5.08. The number of anilines is 1. The van der Waals surface area contributed by atoms with Gasteiger partial charge >= 0.3 is 12.4 Å². The largest absolute Gasteiger partial charge is 0.416 e. The number of carbonyl (C=O) groups is 1. The number of nitrogens with two attached hydrogens (primary N) is 3. The van der Waals surface area contributed by atoms with E-state index >= 15 is 0 Å². The molecule has 1 unspecified atom stereocenters. The Morgan fingerprint density at radius 3 is 2.08 bits per heavy atom. The summed E-state index contributed by atoms with van der Waals surface area (Å²) in [6.45, 7) is -0.283. The highest BCUT2D eigenvalue weighted by atomic mass is 19.4. The summed E-state index contributed by atoms with van der Waals surface area (Å²) < 4.78 is 111. The zero-order valence-corrected chi connectivity index (χ0v) is 26.5. The molecule has 2 heterocycles. The second kappa shape index (κ2) is 13.8. The number of benzene rings is 2. The molecule has 2 fully saturated rings. The first-order chi connectivity index (χ1) is 22.9. The fraction of sp³-hybridized carbons (Fsp3) is 0.469. The molecule has 2 aromatic carbocycles. The van der Waals surface area contributed by atoms with Gasteiger partial charge in [-0.05, 0) is 80.3 Å². The van der Waals surface area contributed by atoms with Crippen LogP contribution in [0.5, 0.6) is 0 Å². The quantitative estimate of drug-likeness (QED) is 0.0885. The lowest BCUT2D eigenvalue weighted by atomic mass is 9.77. The summed E-state index contributed by atoms with van der Waals surface area (Å²) in [5.74, 6) is 3.04. The second-order valence-electron chi connectivity index (χ2n) is 12.6. The van der Waals surface area contributed by atoms with Gasteiger partial charge in [-0.15, -0.1) is 5.10 Å². The first kappa shape index (κ1) is 35.9. The lowest BCUT2D eigenvalue weighted by Crippen LogP contribution is -2.41. The smallest absolute Gasteiger partial charge is 0.369 e. The van der Waals surface area contributed by atoms with Crippen molar-refractivity contribution >= 4 is 28.6 Å². The summed E-state index contributed by atoms with van der Waals surface area (Å²) >= 11 is 0. The Labute approximate surface area is 276 Å². The van der Waals surface area contributed by atoms with E-state index in [2.05, 4.69) is 5.10 Å². The molecule has 1 aliphatic carbocycles. The van der Waals surface area contributed by atoms with Gasteiger partial charge in [0.15, 0.2) is 11.6 Å². The van der Waals surface area contributed by atoms with Crippen molar-refractivity contribution in [1.29, 1.82) is 0 Å². The highest BCUT2D eigenvalue weighted by Crippen LogP contribution is 2.41. The normalized spacial score (nSPS) is 20.6. The number of rotatable bonds is 8. The van der Waals surface area contributed by atoms with Crippen molar-refractivity contribution < 1.29 is 39.9 Å². The Morgan fingerprint density at radius 2 is 1.51 bits per heavy atom. The van der Waals surface area contributed by atoms with Gasteiger partial charge in [0.25, 0.3) is 0 Å². The van der Waals surface area contributed by atoms with Gasteiger partial charge < -0.3 is 21.3 Å². The van der Waals surface area contributed by atoms with Crippen molar-refractivity contribution in [3.8, 4) is 0 Å². The SMILES string of the molecule is CN(N)/N=C(\N)N(Cc1cc(C(F)(F)F)cc(C(F)(F)F)c1)Cc1cc2cc(F)c(F)cc2nc1N1CCCC1C1CCC(C(N)=O)CC1. The van der Waals surface area contributed by atoms with E-state index in [-0.39, 0.29) is 58.8 Å². The first-order valence-electron chi connectivity index (χ1n) is 15.6. The Bertz CT molecular complexity index is 1690. The molecule has 1 atom stereocenters. The maximum atomic E-state index is 14.4. The molecule has 1 amide bonds. The number of guanidine groups is 1. The van der Waals surface area contributed by atoms with Crippen LogP contribution in [0.1, 0.15) is 60.8 Å². The van der Waals surface area contributed by atoms with Crippen molar-refractivity contribution in [2.75, 3.05) is 18.5 Å². The molecule has 2 aliphatic rings. The molecule has 1 aliphatic heterocycles. The van der Waals surface area contributed by atoms with E-state index in [1.54, 1.807) is 6.07 Å². The predicted molar refractivity (Wildman–Crippen MR) is 166 cm³/mol. The van der Waals surface area contributed by atoms with E-state index in [4.69, 9.17) is 22.3 Å². The number of carbonyl (C=O) groups excluding carboxylic acids is 1.